The van der Waals surface area contributed by atoms with Gasteiger partial charge in [0.05, 0.1) is 5.52 Å². The van der Waals surface area contributed by atoms with Crippen LogP contribution in [0.1, 0.15) is 6.42 Å². The molecule has 0 saturated carbocycles. The van der Waals surface area contributed by atoms with Gasteiger partial charge in [-0.3, -0.25) is 4.79 Å². The van der Waals surface area contributed by atoms with Crippen molar-refractivity contribution in [1.29, 1.82) is 0 Å². The van der Waals surface area contributed by atoms with E-state index in [9.17, 15) is 4.79 Å². The van der Waals surface area contributed by atoms with Gasteiger partial charge in [-0.2, -0.15) is 0 Å². The van der Waals surface area contributed by atoms with E-state index < -0.39 is 11.5 Å². The van der Waals surface area contributed by atoms with Gasteiger partial charge in [0.1, 0.15) is 17.7 Å². The lowest BCUT2D eigenvalue weighted by atomic mass is 10.0. The lowest BCUT2D eigenvalue weighted by molar-refractivity contribution is -0.142. The molecule has 0 spiro atoms. The number of para-hydroxylation sites is 1. The maximum atomic E-state index is 11.2. The number of benzene rings is 1. The summed E-state index contributed by atoms with van der Waals surface area (Å²) >= 11 is 0. The molecule has 1 fully saturated rings. The number of carboxylic acids is 1. The van der Waals surface area contributed by atoms with Crippen LogP contribution in [0.15, 0.2) is 30.6 Å². The van der Waals surface area contributed by atoms with Crippen molar-refractivity contribution in [2.75, 3.05) is 18.0 Å². The minimum Gasteiger partial charge on any atom is -0.480 e. The molecular weight excluding hydrogens is 244 g/mol. The molecule has 1 atom stereocenters. The summed E-state index contributed by atoms with van der Waals surface area (Å²) in [5.41, 5.74) is 5.55. The number of hydrogen-bond donors (Lipinski definition) is 2. The Morgan fingerprint density at radius 2 is 2.16 bits per heavy atom. The van der Waals surface area contributed by atoms with E-state index in [4.69, 9.17) is 10.8 Å². The van der Waals surface area contributed by atoms with E-state index in [1.165, 1.54) is 6.33 Å². The fourth-order valence-electron chi connectivity index (χ4n) is 2.43. The third-order valence-electron chi connectivity index (χ3n) is 3.55. The minimum absolute atomic E-state index is 0.267. The fourth-order valence-corrected chi connectivity index (χ4v) is 2.43. The summed E-state index contributed by atoms with van der Waals surface area (Å²) in [7, 11) is 0. The minimum atomic E-state index is -1.19. The van der Waals surface area contributed by atoms with E-state index in [0.717, 1.165) is 16.7 Å². The molecule has 3 N–H and O–H groups in total. The summed E-state index contributed by atoms with van der Waals surface area (Å²) in [5, 5.41) is 10.1. The van der Waals surface area contributed by atoms with E-state index in [1.54, 1.807) is 0 Å². The van der Waals surface area contributed by atoms with E-state index in [0.29, 0.717) is 13.0 Å². The molecular formula is C13H14N4O2. The number of aliphatic carboxylic acids is 1. The quantitative estimate of drug-likeness (QED) is 0.820. The summed E-state index contributed by atoms with van der Waals surface area (Å²) in [6.45, 7) is 0.854. The molecule has 6 heteroatoms. The number of carbonyl (C=O) groups is 1. The second-order valence-electron chi connectivity index (χ2n) is 4.85. The number of carboxylic acid groups (broad SMARTS) is 1. The van der Waals surface area contributed by atoms with Crippen LogP contribution in [0.25, 0.3) is 10.9 Å². The van der Waals surface area contributed by atoms with Gasteiger partial charge in [0.2, 0.25) is 0 Å². The monoisotopic (exact) mass is 258 g/mol. The third-order valence-corrected chi connectivity index (χ3v) is 3.55. The van der Waals surface area contributed by atoms with Gasteiger partial charge in [-0.05, 0) is 18.6 Å². The molecule has 2 heterocycles. The van der Waals surface area contributed by atoms with Crippen LogP contribution >= 0.6 is 0 Å². The average molecular weight is 258 g/mol. The number of aromatic nitrogens is 2. The first-order valence-corrected chi connectivity index (χ1v) is 6.07. The highest BCUT2D eigenvalue weighted by Crippen LogP contribution is 2.28. The number of nitrogens with zero attached hydrogens (tertiary/aromatic N) is 3. The SMILES string of the molecule is NC1(C(=O)O)CCN(c2ncnc3ccccc23)C1. The summed E-state index contributed by atoms with van der Waals surface area (Å²) in [5.74, 6) is -0.215. The zero-order chi connectivity index (χ0) is 13.5. The van der Waals surface area contributed by atoms with Gasteiger partial charge in [-0.25, -0.2) is 9.97 Å². The molecule has 2 aromatic rings. The molecule has 3 rings (SSSR count). The van der Waals surface area contributed by atoms with Crippen molar-refractivity contribution >= 4 is 22.7 Å². The molecule has 1 aromatic carbocycles. The first-order chi connectivity index (χ1) is 9.10. The summed E-state index contributed by atoms with van der Waals surface area (Å²) in [6.07, 6.45) is 1.91. The predicted molar refractivity (Wildman–Crippen MR) is 70.9 cm³/mol. The van der Waals surface area contributed by atoms with Crippen molar-refractivity contribution in [3.8, 4) is 0 Å². The Bertz CT molecular complexity index is 640. The molecule has 1 unspecified atom stereocenters. The van der Waals surface area contributed by atoms with E-state index in [2.05, 4.69) is 9.97 Å². The van der Waals surface area contributed by atoms with Gasteiger partial charge in [-0.15, -0.1) is 0 Å². The Hall–Kier alpha value is -2.21. The molecule has 1 aliphatic heterocycles. The molecule has 0 aliphatic carbocycles. The molecule has 1 aliphatic rings. The van der Waals surface area contributed by atoms with Gasteiger partial charge < -0.3 is 15.7 Å². The number of rotatable bonds is 2. The van der Waals surface area contributed by atoms with Gasteiger partial charge in [-0.1, -0.05) is 12.1 Å². The normalized spacial score (nSPS) is 22.9. The van der Waals surface area contributed by atoms with Crippen molar-refractivity contribution in [3.05, 3.63) is 30.6 Å². The highest BCUT2D eigenvalue weighted by Gasteiger charge is 2.42. The van der Waals surface area contributed by atoms with Crippen LogP contribution in [0, 0.1) is 0 Å². The van der Waals surface area contributed by atoms with Gasteiger partial charge in [0.15, 0.2) is 0 Å². The maximum absolute atomic E-state index is 11.2. The maximum Gasteiger partial charge on any atom is 0.325 e. The smallest absolute Gasteiger partial charge is 0.325 e. The van der Waals surface area contributed by atoms with Crippen LogP contribution in [-0.2, 0) is 4.79 Å². The largest absolute Gasteiger partial charge is 0.480 e. The highest BCUT2D eigenvalue weighted by molar-refractivity contribution is 5.90. The second kappa shape index (κ2) is 4.17. The lowest BCUT2D eigenvalue weighted by Gasteiger charge is -2.21. The molecule has 1 aromatic heterocycles. The standard InChI is InChI=1S/C13H14N4O2/c14-13(12(18)19)5-6-17(7-13)11-9-3-1-2-4-10(9)15-8-16-11/h1-4,8H,5-7,14H2,(H,18,19). The summed E-state index contributed by atoms with van der Waals surface area (Å²) in [6, 6.07) is 7.66. The first kappa shape index (κ1) is 11.9. The zero-order valence-corrected chi connectivity index (χ0v) is 10.3. The molecule has 19 heavy (non-hydrogen) atoms. The average Bonchev–Trinajstić information content (AvgIpc) is 2.82. The number of fused-ring (bicyclic) bond motifs is 1. The van der Waals surface area contributed by atoms with Gasteiger partial charge in [0, 0.05) is 18.5 Å². The molecule has 98 valence electrons. The Balaban J connectivity index is 2.01. The Labute approximate surface area is 109 Å². The predicted octanol–water partition coefficient (Wildman–Crippen LogP) is 0.622. The second-order valence-corrected chi connectivity index (χ2v) is 4.85. The molecule has 1 saturated heterocycles. The fraction of sp³-hybridized carbons (Fsp3) is 0.308. The Morgan fingerprint density at radius 1 is 1.37 bits per heavy atom. The van der Waals surface area contributed by atoms with Crippen LogP contribution < -0.4 is 10.6 Å². The van der Waals surface area contributed by atoms with Crippen LogP contribution in [0.3, 0.4) is 0 Å². The van der Waals surface area contributed by atoms with Crippen molar-refractivity contribution in [1.82, 2.24) is 9.97 Å². The van der Waals surface area contributed by atoms with Crippen LogP contribution in [0.5, 0.6) is 0 Å². The molecule has 0 radical (unpaired) electrons. The summed E-state index contributed by atoms with van der Waals surface area (Å²) in [4.78, 5) is 21.6. The van der Waals surface area contributed by atoms with Crippen molar-refractivity contribution in [2.24, 2.45) is 5.73 Å². The summed E-state index contributed by atoms with van der Waals surface area (Å²) < 4.78 is 0. The number of anilines is 1. The van der Waals surface area contributed by atoms with Gasteiger partial charge in [0.25, 0.3) is 0 Å². The lowest BCUT2D eigenvalue weighted by Crippen LogP contribution is -2.50. The van der Waals surface area contributed by atoms with Crippen LogP contribution in [0.2, 0.25) is 0 Å². The van der Waals surface area contributed by atoms with E-state index in [1.807, 2.05) is 29.2 Å². The van der Waals surface area contributed by atoms with Crippen LogP contribution in [0.4, 0.5) is 5.82 Å². The Morgan fingerprint density at radius 3 is 2.89 bits per heavy atom. The van der Waals surface area contributed by atoms with Gasteiger partial charge >= 0.3 is 5.97 Å². The van der Waals surface area contributed by atoms with E-state index >= 15 is 0 Å². The molecule has 6 nitrogen and oxygen atoms in total. The topological polar surface area (TPSA) is 92.3 Å². The first-order valence-electron chi connectivity index (χ1n) is 6.07. The number of hydrogen-bond acceptors (Lipinski definition) is 5. The van der Waals surface area contributed by atoms with Crippen molar-refractivity contribution < 1.29 is 9.90 Å². The highest BCUT2D eigenvalue weighted by atomic mass is 16.4. The van der Waals surface area contributed by atoms with E-state index in [-0.39, 0.29) is 6.54 Å². The third kappa shape index (κ3) is 1.90. The zero-order valence-electron chi connectivity index (χ0n) is 10.3. The van der Waals surface area contributed by atoms with Crippen LogP contribution in [-0.4, -0.2) is 39.7 Å². The van der Waals surface area contributed by atoms with Crippen molar-refractivity contribution in [3.63, 3.8) is 0 Å². The number of nitrogens with two attached hydrogens (primary N) is 1. The molecule has 0 bridgehead atoms. The molecule has 0 amide bonds. The Kier molecular flexibility index (Phi) is 2.60. The van der Waals surface area contributed by atoms with Crippen molar-refractivity contribution in [2.45, 2.75) is 12.0 Å².